The van der Waals surface area contributed by atoms with Crippen LogP contribution in [-0.4, -0.2) is 35.0 Å². The van der Waals surface area contributed by atoms with Crippen LogP contribution in [0.15, 0.2) is 36.4 Å². The lowest BCUT2D eigenvalue weighted by atomic mass is 10.1. The number of amides is 1. The number of aromatic carboxylic acids is 1. The van der Waals surface area contributed by atoms with E-state index in [1.807, 2.05) is 29.2 Å². The zero-order valence-corrected chi connectivity index (χ0v) is 16.8. The second kappa shape index (κ2) is 9.38. The first kappa shape index (κ1) is 19.9. The summed E-state index contributed by atoms with van der Waals surface area (Å²) in [4.78, 5) is 27.0. The third-order valence-corrected chi connectivity index (χ3v) is 6.11. The van der Waals surface area contributed by atoms with Gasteiger partial charge in [0, 0.05) is 28.9 Å². The van der Waals surface area contributed by atoms with E-state index in [9.17, 15) is 9.59 Å². The Morgan fingerprint density at radius 3 is 2.48 bits per heavy atom. The summed E-state index contributed by atoms with van der Waals surface area (Å²) in [5, 5.41) is 9.76. The molecule has 2 aromatic rings. The summed E-state index contributed by atoms with van der Waals surface area (Å²) in [6, 6.07) is 11.4. The number of benzene rings is 1. The summed E-state index contributed by atoms with van der Waals surface area (Å²) in [5.74, 6) is -0.382. The summed E-state index contributed by atoms with van der Waals surface area (Å²) >= 11 is 7.35. The predicted molar refractivity (Wildman–Crippen MR) is 109 cm³/mol. The van der Waals surface area contributed by atoms with Crippen LogP contribution in [0, 0.1) is 5.92 Å². The predicted octanol–water partition coefficient (Wildman–Crippen LogP) is 4.90. The van der Waals surface area contributed by atoms with Crippen LogP contribution in [-0.2, 0) is 17.6 Å². The number of hydrogen-bond donors (Lipinski definition) is 1. The van der Waals surface area contributed by atoms with Crippen molar-refractivity contribution in [3.63, 3.8) is 0 Å². The van der Waals surface area contributed by atoms with Crippen LogP contribution in [0.25, 0.3) is 0 Å². The third-order valence-electron chi connectivity index (χ3n) is 4.74. The normalized spacial score (nSPS) is 13.5. The Labute approximate surface area is 168 Å². The minimum Gasteiger partial charge on any atom is -0.477 e. The largest absolute Gasteiger partial charge is 0.477 e. The molecule has 144 valence electrons. The Kier molecular flexibility index (Phi) is 6.91. The molecule has 1 amide bonds. The monoisotopic (exact) mass is 405 g/mol. The van der Waals surface area contributed by atoms with Crippen LogP contribution in [0.5, 0.6) is 0 Å². The molecule has 0 radical (unpaired) electrons. The van der Waals surface area contributed by atoms with Gasteiger partial charge in [-0.1, -0.05) is 23.7 Å². The lowest BCUT2D eigenvalue weighted by Crippen LogP contribution is -2.34. The van der Waals surface area contributed by atoms with Gasteiger partial charge in [0.05, 0.1) is 0 Å². The molecule has 0 bridgehead atoms. The standard InChI is InChI=1S/C21H24ClNO3S/c22-17-6-1-4-15(14-17)5-2-12-23(20(24)16-8-9-16)13-3-7-18-10-11-19(27-18)21(25)26/h1,4,6,10-11,14,16H,2-3,5,7-9,12-13H2,(H,25,26). The fraction of sp³-hybridized carbons (Fsp3) is 0.429. The number of carbonyl (C=O) groups excluding carboxylic acids is 1. The Morgan fingerprint density at radius 1 is 1.11 bits per heavy atom. The van der Waals surface area contributed by atoms with E-state index in [0.29, 0.717) is 4.88 Å². The number of carboxylic acid groups (broad SMARTS) is 1. The van der Waals surface area contributed by atoms with Gasteiger partial charge in [-0.25, -0.2) is 4.79 Å². The van der Waals surface area contributed by atoms with Crippen LogP contribution < -0.4 is 0 Å². The van der Waals surface area contributed by atoms with Crippen LogP contribution >= 0.6 is 22.9 Å². The molecule has 27 heavy (non-hydrogen) atoms. The maximum absolute atomic E-state index is 12.6. The minimum absolute atomic E-state index is 0.219. The van der Waals surface area contributed by atoms with Crippen LogP contribution in [0.3, 0.4) is 0 Å². The number of rotatable bonds is 10. The maximum atomic E-state index is 12.6. The fourth-order valence-electron chi connectivity index (χ4n) is 3.16. The van der Waals surface area contributed by atoms with Crippen molar-refractivity contribution in [1.82, 2.24) is 4.90 Å². The van der Waals surface area contributed by atoms with Gasteiger partial charge in [0.2, 0.25) is 5.91 Å². The van der Waals surface area contributed by atoms with E-state index in [1.54, 1.807) is 6.07 Å². The lowest BCUT2D eigenvalue weighted by molar-refractivity contribution is -0.132. The molecule has 6 heteroatoms. The molecule has 0 saturated heterocycles. The topological polar surface area (TPSA) is 57.6 Å². The molecule has 0 unspecified atom stereocenters. The quantitative estimate of drug-likeness (QED) is 0.611. The highest BCUT2D eigenvalue weighted by atomic mass is 35.5. The Morgan fingerprint density at radius 2 is 1.85 bits per heavy atom. The summed E-state index contributed by atoms with van der Waals surface area (Å²) in [6.07, 6.45) is 5.51. The van der Waals surface area contributed by atoms with Gasteiger partial charge in [-0.3, -0.25) is 4.79 Å². The lowest BCUT2D eigenvalue weighted by Gasteiger charge is -2.23. The van der Waals surface area contributed by atoms with Gasteiger partial charge >= 0.3 is 5.97 Å². The summed E-state index contributed by atoms with van der Waals surface area (Å²) in [6.45, 7) is 1.48. The average Bonchev–Trinajstić information content (AvgIpc) is 3.38. The molecule has 4 nitrogen and oxygen atoms in total. The van der Waals surface area contributed by atoms with Crippen molar-refractivity contribution in [2.24, 2.45) is 5.92 Å². The fourth-order valence-corrected chi connectivity index (χ4v) is 4.26. The highest BCUT2D eigenvalue weighted by Crippen LogP contribution is 2.31. The number of hydrogen-bond acceptors (Lipinski definition) is 3. The van der Waals surface area contributed by atoms with E-state index >= 15 is 0 Å². The number of halogens is 1. The number of nitrogens with zero attached hydrogens (tertiary/aromatic N) is 1. The number of aryl methyl sites for hydroxylation is 2. The first-order valence-corrected chi connectivity index (χ1v) is 10.6. The van der Waals surface area contributed by atoms with E-state index in [4.69, 9.17) is 16.7 Å². The molecule has 1 fully saturated rings. The van der Waals surface area contributed by atoms with Gasteiger partial charge in [-0.2, -0.15) is 0 Å². The number of thiophene rings is 1. The maximum Gasteiger partial charge on any atom is 0.345 e. The van der Waals surface area contributed by atoms with E-state index in [2.05, 4.69) is 6.07 Å². The summed E-state index contributed by atoms with van der Waals surface area (Å²) in [5.41, 5.74) is 1.20. The van der Waals surface area contributed by atoms with Gasteiger partial charge < -0.3 is 10.0 Å². The molecule has 1 N–H and O–H groups in total. The molecule has 1 aromatic carbocycles. The van der Waals surface area contributed by atoms with Crippen molar-refractivity contribution < 1.29 is 14.7 Å². The second-order valence-corrected chi connectivity index (χ2v) is 8.61. The molecular weight excluding hydrogens is 382 g/mol. The molecule has 1 aliphatic rings. The second-order valence-electron chi connectivity index (χ2n) is 7.01. The van der Waals surface area contributed by atoms with Crippen molar-refractivity contribution in [2.75, 3.05) is 13.1 Å². The van der Waals surface area contributed by atoms with Gasteiger partial charge in [0.25, 0.3) is 0 Å². The van der Waals surface area contributed by atoms with Crippen LogP contribution in [0.2, 0.25) is 5.02 Å². The number of carbonyl (C=O) groups is 2. The highest BCUT2D eigenvalue weighted by molar-refractivity contribution is 7.13. The number of carboxylic acids is 1. The minimum atomic E-state index is -0.877. The van der Waals surface area contributed by atoms with Crippen molar-refractivity contribution in [1.29, 1.82) is 0 Å². The van der Waals surface area contributed by atoms with Crippen molar-refractivity contribution in [2.45, 2.75) is 38.5 Å². The first-order chi connectivity index (χ1) is 13.0. The molecule has 0 aliphatic heterocycles. The van der Waals surface area contributed by atoms with Gasteiger partial charge in [0.1, 0.15) is 4.88 Å². The van der Waals surface area contributed by atoms with Crippen molar-refractivity contribution >= 4 is 34.8 Å². The Balaban J connectivity index is 1.48. The zero-order valence-electron chi connectivity index (χ0n) is 15.2. The Hall–Kier alpha value is -1.85. The molecule has 1 heterocycles. The highest BCUT2D eigenvalue weighted by Gasteiger charge is 2.32. The molecule has 1 aliphatic carbocycles. The molecular formula is C21H24ClNO3S. The summed E-state index contributed by atoms with van der Waals surface area (Å²) < 4.78 is 0. The molecule has 1 aromatic heterocycles. The average molecular weight is 406 g/mol. The Bertz CT molecular complexity index is 800. The zero-order chi connectivity index (χ0) is 19.2. The summed E-state index contributed by atoms with van der Waals surface area (Å²) in [7, 11) is 0. The van der Waals surface area contributed by atoms with Gasteiger partial charge in [0.15, 0.2) is 0 Å². The first-order valence-electron chi connectivity index (χ1n) is 9.38. The van der Waals surface area contributed by atoms with Crippen LogP contribution in [0.4, 0.5) is 0 Å². The van der Waals surface area contributed by atoms with E-state index in [0.717, 1.165) is 61.5 Å². The van der Waals surface area contributed by atoms with E-state index in [-0.39, 0.29) is 11.8 Å². The molecule has 3 rings (SSSR count). The molecule has 0 atom stereocenters. The van der Waals surface area contributed by atoms with Crippen LogP contribution in [0.1, 0.15) is 45.8 Å². The van der Waals surface area contributed by atoms with Crippen molar-refractivity contribution in [3.05, 3.63) is 56.7 Å². The van der Waals surface area contributed by atoms with E-state index in [1.165, 1.54) is 16.9 Å². The molecule has 0 spiro atoms. The molecule has 1 saturated carbocycles. The van der Waals surface area contributed by atoms with Gasteiger partial charge in [-0.15, -0.1) is 11.3 Å². The third kappa shape index (κ3) is 6.08. The SMILES string of the molecule is O=C(O)c1ccc(CCCN(CCCc2cccc(Cl)c2)C(=O)C2CC2)s1. The van der Waals surface area contributed by atoms with E-state index < -0.39 is 5.97 Å². The smallest absolute Gasteiger partial charge is 0.345 e. The van der Waals surface area contributed by atoms with Crippen molar-refractivity contribution in [3.8, 4) is 0 Å². The van der Waals surface area contributed by atoms with Gasteiger partial charge in [-0.05, 0) is 68.4 Å².